The molecule has 1 aromatic heterocycles. The van der Waals surface area contributed by atoms with E-state index in [9.17, 15) is 13.2 Å². The number of benzene rings is 1. The molecular formula is C13H12ClNO5S2. The lowest BCUT2D eigenvalue weighted by Gasteiger charge is -2.09. The standard InChI is InChI=1S/C13H12ClNO5S2/c1-19-9-4-2-3-5-10(9)20-12(16)8-15-22(17,18)13-7-6-11(14)21-13/h2-7,15H,8H2,1H3. The van der Waals surface area contributed by atoms with Crippen LogP contribution in [0.5, 0.6) is 11.5 Å². The van der Waals surface area contributed by atoms with E-state index in [0.717, 1.165) is 11.3 Å². The van der Waals surface area contributed by atoms with Crippen molar-refractivity contribution in [3.63, 3.8) is 0 Å². The lowest BCUT2D eigenvalue weighted by Crippen LogP contribution is -2.31. The minimum Gasteiger partial charge on any atom is -0.493 e. The number of sulfonamides is 1. The first kappa shape index (κ1) is 16.8. The smallest absolute Gasteiger partial charge is 0.326 e. The van der Waals surface area contributed by atoms with Crippen LogP contribution in [0.25, 0.3) is 0 Å². The molecule has 0 unspecified atom stereocenters. The highest BCUT2D eigenvalue weighted by Gasteiger charge is 2.19. The Labute approximate surface area is 136 Å². The third kappa shape index (κ3) is 4.20. The second-order valence-electron chi connectivity index (χ2n) is 4.01. The van der Waals surface area contributed by atoms with Crippen molar-refractivity contribution in [1.29, 1.82) is 0 Å². The van der Waals surface area contributed by atoms with Crippen molar-refractivity contribution in [3.05, 3.63) is 40.7 Å². The summed E-state index contributed by atoms with van der Waals surface area (Å²) in [6, 6.07) is 9.39. The van der Waals surface area contributed by atoms with Crippen LogP contribution in [-0.2, 0) is 14.8 Å². The summed E-state index contributed by atoms with van der Waals surface area (Å²) in [5.41, 5.74) is 0. The molecule has 0 saturated carbocycles. The van der Waals surface area contributed by atoms with Gasteiger partial charge in [-0.25, -0.2) is 8.42 Å². The van der Waals surface area contributed by atoms with Crippen LogP contribution in [0, 0.1) is 0 Å². The number of carbonyl (C=O) groups excluding carboxylic acids is 1. The Kier molecular flexibility index (Phi) is 5.41. The summed E-state index contributed by atoms with van der Waals surface area (Å²) in [5.74, 6) is -0.159. The van der Waals surface area contributed by atoms with E-state index in [-0.39, 0.29) is 9.96 Å². The number of carbonyl (C=O) groups is 1. The van der Waals surface area contributed by atoms with E-state index in [4.69, 9.17) is 21.1 Å². The highest BCUT2D eigenvalue weighted by Crippen LogP contribution is 2.26. The fourth-order valence-corrected chi connectivity index (χ4v) is 4.03. The molecule has 0 amide bonds. The van der Waals surface area contributed by atoms with Crippen LogP contribution >= 0.6 is 22.9 Å². The van der Waals surface area contributed by atoms with Crippen molar-refractivity contribution >= 4 is 38.9 Å². The van der Waals surface area contributed by atoms with Gasteiger partial charge in [-0.3, -0.25) is 4.79 Å². The normalized spacial score (nSPS) is 11.2. The van der Waals surface area contributed by atoms with E-state index in [1.807, 2.05) is 0 Å². The van der Waals surface area contributed by atoms with Gasteiger partial charge in [0.25, 0.3) is 10.0 Å². The third-order valence-electron chi connectivity index (χ3n) is 2.51. The largest absolute Gasteiger partial charge is 0.493 e. The molecule has 1 N–H and O–H groups in total. The fourth-order valence-electron chi connectivity index (χ4n) is 1.53. The van der Waals surface area contributed by atoms with Crippen LogP contribution in [0.2, 0.25) is 4.34 Å². The molecule has 0 bridgehead atoms. The third-order valence-corrected chi connectivity index (χ3v) is 5.64. The van der Waals surface area contributed by atoms with Gasteiger partial charge in [0.15, 0.2) is 11.5 Å². The van der Waals surface area contributed by atoms with Gasteiger partial charge in [0.05, 0.1) is 11.4 Å². The molecule has 0 atom stereocenters. The van der Waals surface area contributed by atoms with Crippen molar-refractivity contribution < 1.29 is 22.7 Å². The molecule has 22 heavy (non-hydrogen) atoms. The number of halogens is 1. The molecule has 6 nitrogen and oxygen atoms in total. The zero-order chi connectivity index (χ0) is 16.2. The lowest BCUT2D eigenvalue weighted by molar-refractivity contribution is -0.133. The summed E-state index contributed by atoms with van der Waals surface area (Å²) in [7, 11) is -2.35. The zero-order valence-corrected chi connectivity index (χ0v) is 13.8. The van der Waals surface area contributed by atoms with Crippen LogP contribution in [0.4, 0.5) is 0 Å². The summed E-state index contributed by atoms with van der Waals surface area (Å²) in [5, 5.41) is 0. The number of thiophene rings is 1. The number of hydrogen-bond acceptors (Lipinski definition) is 6. The van der Waals surface area contributed by atoms with Gasteiger partial charge in [-0.1, -0.05) is 23.7 Å². The molecule has 0 aliphatic carbocycles. The molecule has 0 fully saturated rings. The van der Waals surface area contributed by atoms with Gasteiger partial charge in [-0.2, -0.15) is 4.72 Å². The maximum Gasteiger partial charge on any atom is 0.326 e. The van der Waals surface area contributed by atoms with E-state index < -0.39 is 22.5 Å². The van der Waals surface area contributed by atoms with Gasteiger partial charge in [0.2, 0.25) is 0 Å². The van der Waals surface area contributed by atoms with Crippen molar-refractivity contribution in [2.45, 2.75) is 4.21 Å². The van der Waals surface area contributed by atoms with Crippen LogP contribution < -0.4 is 14.2 Å². The molecule has 1 heterocycles. The van der Waals surface area contributed by atoms with Gasteiger partial charge in [-0.15, -0.1) is 11.3 Å². The zero-order valence-electron chi connectivity index (χ0n) is 11.4. The molecule has 0 spiro atoms. The monoisotopic (exact) mass is 361 g/mol. The number of methoxy groups -OCH3 is 1. The molecule has 2 rings (SSSR count). The van der Waals surface area contributed by atoms with E-state index >= 15 is 0 Å². The van der Waals surface area contributed by atoms with Gasteiger partial charge in [-0.05, 0) is 24.3 Å². The molecule has 2 aromatic rings. The second-order valence-corrected chi connectivity index (χ2v) is 7.72. The summed E-state index contributed by atoms with van der Waals surface area (Å²) >= 11 is 6.59. The van der Waals surface area contributed by atoms with Gasteiger partial charge in [0, 0.05) is 0 Å². The maximum atomic E-state index is 11.9. The Morgan fingerprint density at radius 3 is 2.50 bits per heavy atom. The van der Waals surface area contributed by atoms with E-state index in [1.54, 1.807) is 24.3 Å². The summed E-state index contributed by atoms with van der Waals surface area (Å²) < 4.78 is 36.5. The molecular weight excluding hydrogens is 350 g/mol. The first-order chi connectivity index (χ1) is 10.4. The van der Waals surface area contributed by atoms with Crippen LogP contribution in [0.1, 0.15) is 0 Å². The Bertz CT molecular complexity index is 772. The predicted octanol–water partition coefficient (Wildman–Crippen LogP) is 2.29. The minimum absolute atomic E-state index is 0.0302. The van der Waals surface area contributed by atoms with Crippen molar-refractivity contribution in [1.82, 2.24) is 4.72 Å². The Hall–Kier alpha value is -1.61. The molecule has 0 saturated heterocycles. The molecule has 0 radical (unpaired) electrons. The summed E-state index contributed by atoms with van der Waals surface area (Å²) in [6.07, 6.45) is 0. The Balaban J connectivity index is 1.98. The SMILES string of the molecule is COc1ccccc1OC(=O)CNS(=O)(=O)c1ccc(Cl)s1. The van der Waals surface area contributed by atoms with Crippen molar-refractivity contribution in [2.24, 2.45) is 0 Å². The summed E-state index contributed by atoms with van der Waals surface area (Å²) in [4.78, 5) is 11.7. The molecule has 9 heteroatoms. The fraction of sp³-hybridized carbons (Fsp3) is 0.154. The van der Waals surface area contributed by atoms with Gasteiger partial charge < -0.3 is 9.47 Å². The van der Waals surface area contributed by atoms with Gasteiger partial charge >= 0.3 is 5.97 Å². The van der Waals surface area contributed by atoms with E-state index in [0.29, 0.717) is 10.1 Å². The number of hydrogen-bond donors (Lipinski definition) is 1. The second kappa shape index (κ2) is 7.10. The highest BCUT2D eigenvalue weighted by molar-refractivity contribution is 7.91. The minimum atomic E-state index is -3.79. The average molecular weight is 362 g/mol. The quantitative estimate of drug-likeness (QED) is 0.630. The molecule has 118 valence electrons. The van der Waals surface area contributed by atoms with Crippen LogP contribution in [0.15, 0.2) is 40.6 Å². The highest BCUT2D eigenvalue weighted by atomic mass is 35.5. The molecule has 0 aliphatic rings. The van der Waals surface area contributed by atoms with Crippen molar-refractivity contribution in [3.8, 4) is 11.5 Å². The van der Waals surface area contributed by atoms with Gasteiger partial charge in [0.1, 0.15) is 10.8 Å². The number of rotatable bonds is 6. The van der Waals surface area contributed by atoms with Crippen LogP contribution in [0.3, 0.4) is 0 Å². The van der Waals surface area contributed by atoms with E-state index in [1.165, 1.54) is 19.2 Å². The lowest BCUT2D eigenvalue weighted by atomic mass is 10.3. The first-order valence-corrected chi connectivity index (χ1v) is 8.69. The summed E-state index contributed by atoms with van der Waals surface area (Å²) in [6.45, 7) is -0.504. The topological polar surface area (TPSA) is 81.7 Å². The average Bonchev–Trinajstić information content (AvgIpc) is 2.93. The number of para-hydroxylation sites is 2. The first-order valence-electron chi connectivity index (χ1n) is 6.01. The van der Waals surface area contributed by atoms with E-state index in [2.05, 4.69) is 4.72 Å². The number of nitrogens with one attached hydrogen (secondary N) is 1. The Morgan fingerprint density at radius 1 is 1.23 bits per heavy atom. The molecule has 0 aliphatic heterocycles. The van der Waals surface area contributed by atoms with Crippen molar-refractivity contribution in [2.75, 3.05) is 13.7 Å². The predicted molar refractivity (Wildman–Crippen MR) is 83.1 cm³/mol. The molecule has 1 aromatic carbocycles. The van der Waals surface area contributed by atoms with Crippen LogP contribution in [-0.4, -0.2) is 28.0 Å². The number of ether oxygens (including phenoxy) is 2. The number of esters is 1. The Morgan fingerprint density at radius 2 is 1.91 bits per heavy atom. The maximum absolute atomic E-state index is 11.9.